The third-order valence-corrected chi connectivity index (χ3v) is 4.79. The van der Waals surface area contributed by atoms with E-state index in [2.05, 4.69) is 25.8 Å². The summed E-state index contributed by atoms with van der Waals surface area (Å²) in [6.45, 7) is 1.88. The quantitative estimate of drug-likeness (QED) is 0.532. The van der Waals surface area contributed by atoms with Crippen LogP contribution in [-0.2, 0) is 4.79 Å². The Balaban J connectivity index is 1.50. The van der Waals surface area contributed by atoms with Crippen molar-refractivity contribution < 1.29 is 9.21 Å². The summed E-state index contributed by atoms with van der Waals surface area (Å²) in [4.78, 5) is 22.0. The number of pyridine rings is 1. The first-order valence-electron chi connectivity index (χ1n) is 9.75. The van der Waals surface area contributed by atoms with E-state index in [-0.39, 0.29) is 17.8 Å². The second kappa shape index (κ2) is 7.83. The molecule has 1 atom stereocenters. The molecule has 152 valence electrons. The molecule has 0 radical (unpaired) electrons. The minimum atomic E-state index is -0.957. The van der Waals surface area contributed by atoms with E-state index in [9.17, 15) is 4.79 Å². The molecule has 2 aromatic heterocycles. The number of nitrogens with zero attached hydrogens (tertiary/aromatic N) is 4. The van der Waals surface area contributed by atoms with Gasteiger partial charge in [0.15, 0.2) is 0 Å². The SMILES string of the molecule is Cc1cccc(-c2nnc(NC3N=C(c4ccccc4)c4ccccc4NC3=O)o2)n1. The van der Waals surface area contributed by atoms with Crippen molar-refractivity contribution in [1.29, 1.82) is 0 Å². The second-order valence-electron chi connectivity index (χ2n) is 7.00. The molecular formula is C23H18N6O2. The van der Waals surface area contributed by atoms with Crippen LogP contribution in [0.3, 0.4) is 0 Å². The zero-order valence-corrected chi connectivity index (χ0v) is 16.6. The average molecular weight is 410 g/mol. The third-order valence-electron chi connectivity index (χ3n) is 4.79. The first-order valence-corrected chi connectivity index (χ1v) is 9.75. The number of carbonyl (C=O) groups excluding carboxylic acids is 1. The summed E-state index contributed by atoms with van der Waals surface area (Å²) in [7, 11) is 0. The van der Waals surface area contributed by atoms with Gasteiger partial charge in [0.25, 0.3) is 11.8 Å². The number of hydrogen-bond donors (Lipinski definition) is 2. The Kier molecular flexibility index (Phi) is 4.72. The number of aromatic nitrogens is 3. The minimum Gasteiger partial charge on any atom is -0.402 e. The lowest BCUT2D eigenvalue weighted by atomic mass is 10.0. The van der Waals surface area contributed by atoms with E-state index in [0.29, 0.717) is 17.1 Å². The summed E-state index contributed by atoms with van der Waals surface area (Å²) in [5.74, 6) is -0.0670. The Morgan fingerprint density at radius 2 is 1.74 bits per heavy atom. The number of rotatable bonds is 4. The molecule has 31 heavy (non-hydrogen) atoms. The highest BCUT2D eigenvalue weighted by atomic mass is 16.4. The van der Waals surface area contributed by atoms with Crippen LogP contribution in [-0.4, -0.2) is 33.0 Å². The zero-order valence-electron chi connectivity index (χ0n) is 16.6. The van der Waals surface area contributed by atoms with Crippen molar-refractivity contribution in [1.82, 2.24) is 15.2 Å². The Hall–Kier alpha value is -4.33. The van der Waals surface area contributed by atoms with Gasteiger partial charge in [-0.05, 0) is 25.1 Å². The van der Waals surface area contributed by atoms with E-state index in [4.69, 9.17) is 9.41 Å². The van der Waals surface area contributed by atoms with Crippen LogP contribution in [0.4, 0.5) is 11.7 Å². The van der Waals surface area contributed by atoms with Crippen molar-refractivity contribution >= 4 is 23.3 Å². The summed E-state index contributed by atoms with van der Waals surface area (Å²) in [5.41, 5.74) is 4.51. The van der Waals surface area contributed by atoms with Crippen LogP contribution >= 0.6 is 0 Å². The molecule has 0 spiro atoms. The summed E-state index contributed by atoms with van der Waals surface area (Å²) < 4.78 is 5.69. The molecule has 1 aliphatic heterocycles. The van der Waals surface area contributed by atoms with Gasteiger partial charge < -0.3 is 15.1 Å². The van der Waals surface area contributed by atoms with Crippen LogP contribution in [0.1, 0.15) is 16.8 Å². The lowest BCUT2D eigenvalue weighted by Crippen LogP contribution is -2.32. The predicted octanol–water partition coefficient (Wildman–Crippen LogP) is 3.67. The van der Waals surface area contributed by atoms with Crippen LogP contribution < -0.4 is 10.6 Å². The number of benzodiazepines with no additional fused rings is 1. The van der Waals surface area contributed by atoms with Gasteiger partial charge in [-0.2, -0.15) is 0 Å². The predicted molar refractivity (Wildman–Crippen MR) is 117 cm³/mol. The van der Waals surface area contributed by atoms with Crippen molar-refractivity contribution in [2.45, 2.75) is 13.1 Å². The highest BCUT2D eigenvalue weighted by Gasteiger charge is 2.27. The molecule has 5 rings (SSSR count). The largest absolute Gasteiger partial charge is 0.402 e. The number of aryl methyl sites for hydroxylation is 1. The summed E-state index contributed by atoms with van der Waals surface area (Å²) in [6.07, 6.45) is -0.957. The molecule has 0 bridgehead atoms. The lowest BCUT2D eigenvalue weighted by molar-refractivity contribution is -0.116. The van der Waals surface area contributed by atoms with Gasteiger partial charge in [0, 0.05) is 16.8 Å². The lowest BCUT2D eigenvalue weighted by Gasteiger charge is -2.11. The molecule has 0 fully saturated rings. The third kappa shape index (κ3) is 3.78. The van der Waals surface area contributed by atoms with Gasteiger partial charge in [-0.3, -0.25) is 4.79 Å². The highest BCUT2D eigenvalue weighted by molar-refractivity contribution is 6.19. The molecule has 0 saturated heterocycles. The van der Waals surface area contributed by atoms with E-state index in [1.165, 1.54) is 0 Å². The molecule has 2 N–H and O–H groups in total. The van der Waals surface area contributed by atoms with Crippen LogP contribution in [0.25, 0.3) is 11.6 Å². The van der Waals surface area contributed by atoms with Crippen molar-refractivity contribution in [3.8, 4) is 11.6 Å². The average Bonchev–Trinajstić information content (AvgIpc) is 3.21. The molecule has 2 aromatic carbocycles. The minimum absolute atomic E-state index is 0.0839. The zero-order chi connectivity index (χ0) is 21.2. The molecule has 4 aromatic rings. The fourth-order valence-electron chi connectivity index (χ4n) is 3.35. The van der Waals surface area contributed by atoms with Gasteiger partial charge in [-0.1, -0.05) is 59.7 Å². The number of benzene rings is 2. The Morgan fingerprint density at radius 3 is 2.58 bits per heavy atom. The van der Waals surface area contributed by atoms with E-state index in [1.54, 1.807) is 6.07 Å². The standard InChI is InChI=1S/C23H18N6O2/c1-14-8-7-13-18(24-14)22-28-29-23(31-22)27-20-21(30)25-17-12-6-5-11-16(17)19(26-20)15-9-3-2-4-10-15/h2-13,20H,1H3,(H,25,30)(H,27,29). The molecular weight excluding hydrogens is 392 g/mol. The molecule has 1 aliphatic rings. The van der Waals surface area contributed by atoms with E-state index in [1.807, 2.05) is 73.7 Å². The van der Waals surface area contributed by atoms with Crippen molar-refractivity contribution in [2.75, 3.05) is 10.6 Å². The van der Waals surface area contributed by atoms with Crippen molar-refractivity contribution in [2.24, 2.45) is 4.99 Å². The number of fused-ring (bicyclic) bond motifs is 1. The van der Waals surface area contributed by atoms with Crippen LogP contribution in [0.2, 0.25) is 0 Å². The maximum Gasteiger partial charge on any atom is 0.317 e. The fraction of sp³-hybridized carbons (Fsp3) is 0.0870. The molecule has 3 heterocycles. The number of carbonyl (C=O) groups is 1. The molecule has 0 aliphatic carbocycles. The van der Waals surface area contributed by atoms with Crippen LogP contribution in [0.5, 0.6) is 0 Å². The molecule has 0 saturated carbocycles. The molecule has 8 nitrogen and oxygen atoms in total. The van der Waals surface area contributed by atoms with Gasteiger partial charge in [0.2, 0.25) is 6.17 Å². The normalized spacial score (nSPS) is 15.5. The number of nitrogens with one attached hydrogen (secondary N) is 2. The monoisotopic (exact) mass is 410 g/mol. The number of para-hydroxylation sites is 1. The number of amides is 1. The smallest absolute Gasteiger partial charge is 0.317 e. The summed E-state index contributed by atoms with van der Waals surface area (Å²) >= 11 is 0. The first-order chi connectivity index (χ1) is 15.2. The molecule has 1 unspecified atom stereocenters. The topological polar surface area (TPSA) is 105 Å². The Bertz CT molecular complexity index is 1280. The van der Waals surface area contributed by atoms with Crippen LogP contribution in [0, 0.1) is 6.92 Å². The number of hydrogen-bond acceptors (Lipinski definition) is 7. The van der Waals surface area contributed by atoms with Crippen molar-refractivity contribution in [3.63, 3.8) is 0 Å². The van der Waals surface area contributed by atoms with Crippen molar-refractivity contribution in [3.05, 3.63) is 89.6 Å². The second-order valence-corrected chi connectivity index (χ2v) is 7.00. The number of anilines is 2. The highest BCUT2D eigenvalue weighted by Crippen LogP contribution is 2.25. The Morgan fingerprint density at radius 1 is 0.935 bits per heavy atom. The Labute approximate surface area is 178 Å². The van der Waals surface area contributed by atoms with E-state index in [0.717, 1.165) is 16.8 Å². The van der Waals surface area contributed by atoms with Gasteiger partial charge in [-0.25, -0.2) is 9.98 Å². The molecule has 8 heteroatoms. The van der Waals surface area contributed by atoms with Gasteiger partial charge in [-0.15, -0.1) is 5.10 Å². The fourth-order valence-corrected chi connectivity index (χ4v) is 3.35. The maximum atomic E-state index is 12.9. The summed E-state index contributed by atoms with van der Waals surface area (Å²) in [5, 5.41) is 13.9. The van der Waals surface area contributed by atoms with Crippen LogP contribution in [0.15, 0.2) is 82.2 Å². The number of aliphatic imine (C=N–C) groups is 1. The first kappa shape index (κ1) is 18.7. The van der Waals surface area contributed by atoms with Gasteiger partial charge in [0.05, 0.1) is 11.4 Å². The molecule has 1 amide bonds. The van der Waals surface area contributed by atoms with E-state index < -0.39 is 6.17 Å². The van der Waals surface area contributed by atoms with Gasteiger partial charge >= 0.3 is 6.01 Å². The van der Waals surface area contributed by atoms with Gasteiger partial charge in [0.1, 0.15) is 5.69 Å². The van der Waals surface area contributed by atoms with E-state index >= 15 is 0 Å². The maximum absolute atomic E-state index is 12.9. The summed E-state index contributed by atoms with van der Waals surface area (Å²) in [6, 6.07) is 22.9.